The molecule has 3 aromatic heterocycles. The molecule has 0 bridgehead atoms. The summed E-state index contributed by atoms with van der Waals surface area (Å²) in [6, 6.07) is 6.85. The van der Waals surface area contributed by atoms with Crippen LogP contribution in [0.1, 0.15) is 73.0 Å². The largest absolute Gasteiger partial charge is 0.481 e. The Balaban J connectivity index is 1.81. The molecule has 1 amide bonds. The van der Waals surface area contributed by atoms with Gasteiger partial charge >= 0.3 is 5.97 Å². The molecule has 2 atom stereocenters. The molecule has 0 unspecified atom stereocenters. The van der Waals surface area contributed by atoms with E-state index in [0.29, 0.717) is 29.7 Å². The summed E-state index contributed by atoms with van der Waals surface area (Å²) in [6.07, 6.45) is 3.73. The third-order valence-electron chi connectivity index (χ3n) is 7.90. The lowest BCUT2D eigenvalue weighted by Gasteiger charge is -2.26. The fourth-order valence-electron chi connectivity index (χ4n) is 5.72. The molecule has 11 heteroatoms. The Morgan fingerprint density at radius 1 is 1.09 bits per heavy atom. The van der Waals surface area contributed by atoms with E-state index in [2.05, 4.69) is 10.3 Å². The molecule has 2 N–H and O–H groups in total. The second-order valence-corrected chi connectivity index (χ2v) is 12.3. The highest BCUT2D eigenvalue weighted by Gasteiger charge is 2.29. The molecule has 240 valence electrons. The van der Waals surface area contributed by atoms with Crippen molar-refractivity contribution in [3.8, 4) is 11.1 Å². The van der Waals surface area contributed by atoms with Crippen LogP contribution < -0.4 is 10.9 Å². The van der Waals surface area contributed by atoms with Gasteiger partial charge in [0.05, 0.1) is 18.0 Å². The lowest BCUT2D eigenvalue weighted by molar-refractivity contribution is -0.138. The first-order chi connectivity index (χ1) is 21.3. The SMILES string of the molecule is Cc1cccc(C)c1-c1cc([C@H](CC(=O)O)NC(=O)[C@H](CC(C)C)n2cc(CCN(C)C)cc(C(F)F)c2=O)cn2ccnc12. The average Bonchev–Trinajstić information content (AvgIpc) is 3.43. The van der Waals surface area contributed by atoms with Gasteiger partial charge < -0.3 is 24.3 Å². The van der Waals surface area contributed by atoms with Crippen LogP contribution in [0.2, 0.25) is 0 Å². The zero-order chi connectivity index (χ0) is 33.0. The minimum absolute atomic E-state index is 0.0797. The maximum atomic E-state index is 14.1. The van der Waals surface area contributed by atoms with Crippen molar-refractivity contribution in [2.24, 2.45) is 5.92 Å². The number of aliphatic carboxylic acids is 1. The Hall–Kier alpha value is -4.38. The van der Waals surface area contributed by atoms with Crippen molar-refractivity contribution >= 4 is 17.5 Å². The first kappa shape index (κ1) is 33.5. The predicted molar refractivity (Wildman–Crippen MR) is 170 cm³/mol. The first-order valence-corrected chi connectivity index (χ1v) is 15.0. The molecule has 0 radical (unpaired) electrons. The van der Waals surface area contributed by atoms with Gasteiger partial charge in [-0.1, -0.05) is 32.0 Å². The minimum Gasteiger partial charge on any atom is -0.481 e. The van der Waals surface area contributed by atoms with E-state index >= 15 is 0 Å². The highest BCUT2D eigenvalue weighted by Crippen LogP contribution is 2.33. The van der Waals surface area contributed by atoms with E-state index in [1.165, 1.54) is 12.3 Å². The molecule has 0 aliphatic rings. The van der Waals surface area contributed by atoms with Crippen molar-refractivity contribution in [3.63, 3.8) is 0 Å². The van der Waals surface area contributed by atoms with E-state index < -0.39 is 47.9 Å². The lowest BCUT2D eigenvalue weighted by atomic mass is 9.93. The summed E-state index contributed by atoms with van der Waals surface area (Å²) in [5, 5.41) is 12.7. The van der Waals surface area contributed by atoms with Crippen LogP contribution in [0.25, 0.3) is 16.8 Å². The number of halogens is 2. The number of pyridine rings is 2. The number of carboxylic acids is 1. The molecule has 3 heterocycles. The number of benzene rings is 1. The molecule has 0 aliphatic carbocycles. The van der Waals surface area contributed by atoms with Crippen molar-refractivity contribution in [2.75, 3.05) is 20.6 Å². The number of alkyl halides is 2. The van der Waals surface area contributed by atoms with Crippen LogP contribution in [0.15, 0.2) is 59.9 Å². The number of imidazole rings is 1. The average molecular weight is 622 g/mol. The van der Waals surface area contributed by atoms with Gasteiger partial charge in [-0.25, -0.2) is 13.8 Å². The topological polar surface area (TPSA) is 109 Å². The monoisotopic (exact) mass is 621 g/mol. The maximum absolute atomic E-state index is 14.1. The van der Waals surface area contributed by atoms with Gasteiger partial charge in [0, 0.05) is 36.9 Å². The van der Waals surface area contributed by atoms with Gasteiger partial charge in [0.15, 0.2) is 0 Å². The molecule has 0 spiro atoms. The van der Waals surface area contributed by atoms with E-state index in [4.69, 9.17) is 0 Å². The number of rotatable bonds is 13. The number of carbonyl (C=O) groups excluding carboxylic acids is 1. The molecule has 45 heavy (non-hydrogen) atoms. The van der Waals surface area contributed by atoms with E-state index in [9.17, 15) is 28.3 Å². The van der Waals surface area contributed by atoms with Crippen LogP contribution in [-0.4, -0.2) is 56.5 Å². The van der Waals surface area contributed by atoms with Crippen molar-refractivity contribution < 1.29 is 23.5 Å². The standard InChI is InChI=1S/C34H41F2N5O4/c1-20(2)14-28(41-18-23(10-12-39(5)6)15-26(31(35)36)34(41)45)33(44)38-27(17-29(42)43)24-16-25(32-37-11-13-40(32)19-24)30-21(3)8-7-9-22(30)4/h7-9,11,13,15-16,18-20,27-28,31H,10,12,14,17H2,1-6H3,(H,38,44)(H,42,43)/t27-,28-/m0/s1. The van der Waals surface area contributed by atoms with Gasteiger partial charge in [0.1, 0.15) is 11.7 Å². The zero-order valence-electron chi connectivity index (χ0n) is 26.6. The normalized spacial score (nSPS) is 13.1. The summed E-state index contributed by atoms with van der Waals surface area (Å²) in [6.45, 7) is 8.27. The fraction of sp³-hybridized carbons (Fsp3) is 0.412. The molecule has 0 fully saturated rings. The summed E-state index contributed by atoms with van der Waals surface area (Å²) in [5.74, 6) is -1.84. The summed E-state index contributed by atoms with van der Waals surface area (Å²) in [7, 11) is 3.71. The first-order valence-electron chi connectivity index (χ1n) is 15.0. The number of aryl methyl sites for hydroxylation is 2. The van der Waals surface area contributed by atoms with Gasteiger partial charge in [-0.05, 0) is 86.7 Å². The summed E-state index contributed by atoms with van der Waals surface area (Å²) in [4.78, 5) is 45.9. The van der Waals surface area contributed by atoms with Crippen LogP contribution in [0.5, 0.6) is 0 Å². The molecule has 0 aliphatic heterocycles. The van der Waals surface area contributed by atoms with Crippen LogP contribution in [0.4, 0.5) is 8.78 Å². The van der Waals surface area contributed by atoms with Crippen LogP contribution >= 0.6 is 0 Å². The van der Waals surface area contributed by atoms with Crippen molar-refractivity contribution in [3.05, 3.63) is 93.3 Å². The fourth-order valence-corrected chi connectivity index (χ4v) is 5.72. The molecule has 9 nitrogen and oxygen atoms in total. The molecule has 0 saturated carbocycles. The molecule has 4 rings (SSSR count). The second-order valence-electron chi connectivity index (χ2n) is 12.3. The Kier molecular flexibility index (Phi) is 10.5. The van der Waals surface area contributed by atoms with E-state index in [1.54, 1.807) is 23.0 Å². The number of nitrogens with zero attached hydrogens (tertiary/aromatic N) is 4. The quantitative estimate of drug-likeness (QED) is 0.197. The van der Waals surface area contributed by atoms with Crippen molar-refractivity contribution in [2.45, 2.75) is 65.5 Å². The molecule has 1 aromatic carbocycles. The summed E-state index contributed by atoms with van der Waals surface area (Å²) in [5.41, 5.74) is 3.85. The number of hydrogen-bond donors (Lipinski definition) is 2. The maximum Gasteiger partial charge on any atom is 0.305 e. The van der Waals surface area contributed by atoms with Gasteiger partial charge in [0.25, 0.3) is 12.0 Å². The summed E-state index contributed by atoms with van der Waals surface area (Å²) >= 11 is 0. The van der Waals surface area contributed by atoms with Crippen molar-refractivity contribution in [1.82, 2.24) is 24.2 Å². The number of aromatic nitrogens is 3. The predicted octanol–water partition coefficient (Wildman–Crippen LogP) is 5.74. The van der Waals surface area contributed by atoms with Crippen molar-refractivity contribution in [1.29, 1.82) is 0 Å². The lowest BCUT2D eigenvalue weighted by Crippen LogP contribution is -2.41. The molecule has 4 aromatic rings. The Labute approximate surface area is 261 Å². The highest BCUT2D eigenvalue weighted by atomic mass is 19.3. The number of hydrogen-bond acceptors (Lipinski definition) is 5. The smallest absolute Gasteiger partial charge is 0.305 e. The Morgan fingerprint density at radius 3 is 2.38 bits per heavy atom. The number of fused-ring (bicyclic) bond motifs is 1. The van der Waals surface area contributed by atoms with E-state index in [0.717, 1.165) is 26.8 Å². The Bertz CT molecular complexity index is 1720. The van der Waals surface area contributed by atoms with Crippen LogP contribution in [-0.2, 0) is 16.0 Å². The number of carboxylic acid groups (broad SMARTS) is 1. The molecular formula is C34H41F2N5O4. The third kappa shape index (κ3) is 7.83. The Morgan fingerprint density at radius 2 is 1.78 bits per heavy atom. The number of amides is 1. The zero-order valence-corrected chi connectivity index (χ0v) is 26.6. The van der Waals surface area contributed by atoms with E-state index in [-0.39, 0.29) is 12.3 Å². The van der Waals surface area contributed by atoms with Gasteiger partial charge in [0.2, 0.25) is 5.91 Å². The highest BCUT2D eigenvalue weighted by molar-refractivity contribution is 5.84. The van der Waals surface area contributed by atoms with Crippen LogP contribution in [0.3, 0.4) is 0 Å². The van der Waals surface area contributed by atoms with Gasteiger partial charge in [-0.2, -0.15) is 0 Å². The van der Waals surface area contributed by atoms with Gasteiger partial charge in [-0.15, -0.1) is 0 Å². The summed E-state index contributed by atoms with van der Waals surface area (Å²) < 4.78 is 30.9. The van der Waals surface area contributed by atoms with Gasteiger partial charge in [-0.3, -0.25) is 14.4 Å². The number of likely N-dealkylation sites (N-methyl/N-ethyl adjacent to an activating group) is 1. The minimum atomic E-state index is -3.02. The third-order valence-corrected chi connectivity index (χ3v) is 7.90. The van der Waals surface area contributed by atoms with Crippen LogP contribution in [0, 0.1) is 19.8 Å². The number of carbonyl (C=O) groups is 2. The number of nitrogens with one attached hydrogen (secondary N) is 1. The van der Waals surface area contributed by atoms with E-state index in [1.807, 2.05) is 71.0 Å². The molecular weight excluding hydrogens is 580 g/mol. The molecule has 0 saturated heterocycles. The second kappa shape index (κ2) is 14.2.